The average molecular weight is 934 g/mol. The van der Waals surface area contributed by atoms with Crippen LogP contribution in [0.2, 0.25) is 0 Å². The lowest BCUT2D eigenvalue weighted by Crippen LogP contribution is -2.49. The molecule has 0 saturated carbocycles. The van der Waals surface area contributed by atoms with Gasteiger partial charge in [-0.2, -0.15) is 0 Å². The molecule has 0 spiro atoms. The van der Waals surface area contributed by atoms with E-state index in [1.54, 1.807) is 0 Å². The van der Waals surface area contributed by atoms with Crippen LogP contribution >= 0.6 is 186 Å². The molecule has 0 N–H and O–H groups in total. The molecule has 16 atom stereocenters. The molecule has 0 aliphatic rings. The lowest BCUT2D eigenvalue weighted by atomic mass is 9.91. The third-order valence-electron chi connectivity index (χ3n) is 6.49. The minimum Gasteiger partial charge on any atom is -0.361 e. The van der Waals surface area contributed by atoms with Gasteiger partial charge in [-0.15, -0.1) is 174 Å². The van der Waals surface area contributed by atoms with E-state index in [4.69, 9.17) is 190 Å². The third kappa shape index (κ3) is 15.8. The molecule has 0 amide bonds. The topological polar surface area (TPSA) is 9.23 Å². The molecular formula is C26H38Cl16O. The molecule has 43 heavy (non-hydrogen) atoms. The van der Waals surface area contributed by atoms with E-state index in [9.17, 15) is 0 Å². The zero-order valence-electron chi connectivity index (χ0n) is 23.9. The van der Waals surface area contributed by atoms with E-state index in [-0.39, 0.29) is 11.3 Å². The minimum absolute atomic E-state index is 0.0415. The van der Waals surface area contributed by atoms with Gasteiger partial charge in [-0.05, 0) is 24.2 Å². The molecule has 0 aromatic carbocycles. The fraction of sp³-hybridized carbons (Fsp3) is 1.00. The van der Waals surface area contributed by atoms with Crippen molar-refractivity contribution in [1.82, 2.24) is 0 Å². The Kier molecular flexibility index (Phi) is 24.9. The highest BCUT2D eigenvalue weighted by atomic mass is 35.5. The van der Waals surface area contributed by atoms with Crippen molar-refractivity contribution in [3.05, 3.63) is 0 Å². The van der Waals surface area contributed by atoms with E-state index in [0.29, 0.717) is 6.61 Å². The van der Waals surface area contributed by atoms with Crippen molar-refractivity contribution < 1.29 is 4.74 Å². The molecule has 0 rings (SSSR count). The molecule has 17 heteroatoms. The number of ether oxygens (including phenoxy) is 1. The third-order valence-corrected chi connectivity index (χ3v) is 17.2. The van der Waals surface area contributed by atoms with Crippen molar-refractivity contribution in [3.8, 4) is 0 Å². The van der Waals surface area contributed by atoms with Crippen molar-refractivity contribution in [1.29, 1.82) is 0 Å². The van der Waals surface area contributed by atoms with Crippen LogP contribution in [0.1, 0.15) is 47.5 Å². The lowest BCUT2D eigenvalue weighted by molar-refractivity contribution is 0.0939. The Morgan fingerprint density at radius 3 is 0.860 bits per heavy atom. The summed E-state index contributed by atoms with van der Waals surface area (Å²) in [6, 6.07) is 0. The first-order valence-corrected chi connectivity index (χ1v) is 20.3. The summed E-state index contributed by atoms with van der Waals surface area (Å²) in [7, 11) is 0. The molecule has 0 heterocycles. The zero-order valence-corrected chi connectivity index (χ0v) is 36.0. The highest BCUT2D eigenvalue weighted by Gasteiger charge is 2.46. The van der Waals surface area contributed by atoms with Gasteiger partial charge in [0.15, 0.2) is 0 Å². The first kappa shape index (κ1) is 47.6. The van der Waals surface area contributed by atoms with Gasteiger partial charge in [0.1, 0.15) is 5.56 Å². The van der Waals surface area contributed by atoms with Gasteiger partial charge < -0.3 is 4.74 Å². The average Bonchev–Trinajstić information content (AvgIpc) is 2.96. The number of alkyl halides is 16. The molecule has 0 aromatic heterocycles. The summed E-state index contributed by atoms with van der Waals surface area (Å²) in [5.41, 5.74) is -0.754. The van der Waals surface area contributed by atoms with Gasteiger partial charge in [-0.3, -0.25) is 0 Å². The fourth-order valence-electron chi connectivity index (χ4n) is 3.69. The zero-order chi connectivity index (χ0) is 34.1. The number of halogens is 16. The first-order valence-electron chi connectivity index (χ1n) is 13.4. The Bertz CT molecular complexity index is 759. The van der Waals surface area contributed by atoms with E-state index in [0.717, 1.165) is 12.8 Å². The summed E-state index contributed by atoms with van der Waals surface area (Å²) >= 11 is 104. The molecule has 0 radical (unpaired) electrons. The van der Waals surface area contributed by atoms with Gasteiger partial charge >= 0.3 is 0 Å². The predicted molar refractivity (Wildman–Crippen MR) is 204 cm³/mol. The molecule has 0 saturated heterocycles. The second-order valence-corrected chi connectivity index (χ2v) is 19.8. The normalized spacial score (nSPS) is 24.4. The maximum absolute atomic E-state index is 6.60. The second kappa shape index (κ2) is 22.5. The maximum atomic E-state index is 6.60. The van der Waals surface area contributed by atoms with Crippen LogP contribution in [0, 0.1) is 11.3 Å². The highest BCUT2D eigenvalue weighted by molar-refractivity contribution is 6.46. The largest absolute Gasteiger partial charge is 0.361 e. The first-order chi connectivity index (χ1) is 19.5. The van der Waals surface area contributed by atoms with Crippen LogP contribution in [0.5, 0.6) is 0 Å². The number of hydrogen-bond donors (Lipinski definition) is 0. The van der Waals surface area contributed by atoms with E-state index >= 15 is 0 Å². The summed E-state index contributed by atoms with van der Waals surface area (Å²) in [5, 5.41) is -13.9. The van der Waals surface area contributed by atoms with Crippen LogP contribution in [0.4, 0.5) is 0 Å². The van der Waals surface area contributed by atoms with Gasteiger partial charge in [0.05, 0.1) is 80.7 Å². The maximum Gasteiger partial charge on any atom is 0.148 e. The van der Waals surface area contributed by atoms with Gasteiger partial charge in [-0.25, -0.2) is 0 Å². The predicted octanol–water partition coefficient (Wildman–Crippen LogP) is 13.2. The van der Waals surface area contributed by atoms with E-state index in [1.807, 2.05) is 13.8 Å². The molecule has 0 aromatic rings. The Morgan fingerprint density at radius 1 is 0.395 bits per heavy atom. The quantitative estimate of drug-likeness (QED) is 0.0873. The van der Waals surface area contributed by atoms with Crippen molar-refractivity contribution in [3.63, 3.8) is 0 Å². The van der Waals surface area contributed by atoms with Crippen molar-refractivity contribution in [2.24, 2.45) is 11.3 Å². The SMILES string of the molecule is CC(C)C(Cl)C(Cl)C(Cl)C(Cl)C(Cl)C(Cl)C(Cl)C(Cl)C(Cl)C(Cl)C(Cl)C(Cl)C(Cl)C(Cl)C(Cl)C(Cl)OCCCC(C)(C)C. The summed E-state index contributed by atoms with van der Waals surface area (Å²) in [4.78, 5) is 0. The van der Waals surface area contributed by atoms with Crippen LogP contribution in [0.25, 0.3) is 0 Å². The highest BCUT2D eigenvalue weighted by Crippen LogP contribution is 2.40. The molecule has 0 aliphatic carbocycles. The van der Waals surface area contributed by atoms with E-state index in [2.05, 4.69) is 20.8 Å². The number of rotatable bonds is 20. The van der Waals surface area contributed by atoms with E-state index < -0.39 is 86.2 Å². The van der Waals surface area contributed by atoms with E-state index in [1.165, 1.54) is 0 Å². The molecular weight excluding hydrogens is 896 g/mol. The van der Waals surface area contributed by atoms with Crippen LogP contribution in [-0.4, -0.2) is 92.8 Å². The molecule has 0 aliphatic heterocycles. The summed E-state index contributed by atoms with van der Waals surface area (Å²) in [6.45, 7) is 10.6. The van der Waals surface area contributed by atoms with Gasteiger partial charge in [0, 0.05) is 6.61 Å². The van der Waals surface area contributed by atoms with Crippen LogP contribution in [0.3, 0.4) is 0 Å². The van der Waals surface area contributed by atoms with Gasteiger partial charge in [-0.1, -0.05) is 46.2 Å². The lowest BCUT2D eigenvalue weighted by Gasteiger charge is -2.35. The molecule has 16 unspecified atom stereocenters. The standard InChI is InChI=1S/C26H38Cl16O/c1-9(2)10(27)11(28)12(29)13(30)14(31)15(32)16(33)17(34)18(35)19(36)20(37)21(38)22(39)23(40)24(41)25(42)43-8-6-7-26(3,4)5/h9-25H,6-8H2,1-5H3. The van der Waals surface area contributed by atoms with Crippen LogP contribution in [0.15, 0.2) is 0 Å². The summed E-state index contributed by atoms with van der Waals surface area (Å²) < 4.78 is 5.64. The van der Waals surface area contributed by atoms with Crippen molar-refractivity contribution in [2.75, 3.05) is 6.61 Å². The number of hydrogen-bond acceptors (Lipinski definition) is 1. The van der Waals surface area contributed by atoms with Crippen molar-refractivity contribution in [2.45, 2.75) is 134 Å². The van der Waals surface area contributed by atoms with Crippen LogP contribution < -0.4 is 0 Å². The Balaban J connectivity index is 5.25. The Morgan fingerprint density at radius 2 is 0.628 bits per heavy atom. The van der Waals surface area contributed by atoms with Gasteiger partial charge in [0.25, 0.3) is 0 Å². The minimum atomic E-state index is -1.05. The second-order valence-electron chi connectivity index (χ2n) is 11.8. The Hall–Kier alpha value is 4.60. The van der Waals surface area contributed by atoms with Crippen molar-refractivity contribution >= 4 is 186 Å². The fourth-order valence-corrected chi connectivity index (χ4v) is 9.55. The summed E-state index contributed by atoms with van der Waals surface area (Å²) in [6.07, 6.45) is 1.74. The summed E-state index contributed by atoms with van der Waals surface area (Å²) in [5.74, 6) is 0.0415. The molecule has 0 bridgehead atoms. The molecule has 0 fully saturated rings. The van der Waals surface area contributed by atoms with Gasteiger partial charge in [0.2, 0.25) is 0 Å². The molecule has 260 valence electrons. The Labute approximate surface area is 338 Å². The monoisotopic (exact) mass is 926 g/mol. The smallest absolute Gasteiger partial charge is 0.148 e. The van der Waals surface area contributed by atoms with Crippen LogP contribution in [-0.2, 0) is 4.74 Å². The molecule has 1 nitrogen and oxygen atoms in total.